The molecule has 0 radical (unpaired) electrons. The van der Waals surface area contributed by atoms with Crippen molar-refractivity contribution in [1.82, 2.24) is 0 Å². The summed E-state index contributed by atoms with van der Waals surface area (Å²) in [6.07, 6.45) is 0.886. The van der Waals surface area contributed by atoms with Crippen molar-refractivity contribution in [3.05, 3.63) is 46.6 Å². The molecule has 17 heavy (non-hydrogen) atoms. The Bertz CT molecular complexity index is 560. The van der Waals surface area contributed by atoms with Gasteiger partial charge in [0.2, 0.25) is 0 Å². The van der Waals surface area contributed by atoms with Gasteiger partial charge in [-0.2, -0.15) is 0 Å². The van der Waals surface area contributed by atoms with Gasteiger partial charge in [0.15, 0.2) is 0 Å². The second kappa shape index (κ2) is 4.67. The van der Waals surface area contributed by atoms with E-state index in [0.717, 1.165) is 16.9 Å². The van der Waals surface area contributed by atoms with E-state index in [9.17, 15) is 9.18 Å². The maximum absolute atomic E-state index is 13.6. The molecular formula is C13H11FO2S. The Labute approximate surface area is 102 Å². The first-order valence-corrected chi connectivity index (χ1v) is 6.10. The molecule has 0 unspecified atom stereocenters. The van der Waals surface area contributed by atoms with E-state index in [1.165, 1.54) is 29.5 Å². The number of carboxylic acid groups (broad SMARTS) is 1. The van der Waals surface area contributed by atoms with Crippen LogP contribution in [0, 0.1) is 5.82 Å². The Morgan fingerprint density at radius 3 is 2.76 bits per heavy atom. The normalized spacial score (nSPS) is 10.5. The minimum atomic E-state index is -1.04. The first-order chi connectivity index (χ1) is 8.11. The Morgan fingerprint density at radius 1 is 1.41 bits per heavy atom. The molecule has 1 heterocycles. The van der Waals surface area contributed by atoms with E-state index in [2.05, 4.69) is 0 Å². The summed E-state index contributed by atoms with van der Waals surface area (Å²) in [7, 11) is 0. The maximum Gasteiger partial charge on any atom is 0.335 e. The first-order valence-electron chi connectivity index (χ1n) is 5.22. The van der Waals surface area contributed by atoms with Gasteiger partial charge in [-0.3, -0.25) is 0 Å². The third-order valence-electron chi connectivity index (χ3n) is 2.54. The summed E-state index contributed by atoms with van der Waals surface area (Å²) in [6, 6.07) is 5.75. The van der Waals surface area contributed by atoms with Gasteiger partial charge < -0.3 is 5.11 Å². The summed E-state index contributed by atoms with van der Waals surface area (Å²) in [5, 5.41) is 10.8. The summed E-state index contributed by atoms with van der Waals surface area (Å²) in [5.41, 5.74) is 1.59. The van der Waals surface area contributed by atoms with Crippen LogP contribution >= 0.6 is 11.3 Å². The van der Waals surface area contributed by atoms with E-state index in [1.807, 2.05) is 18.4 Å². The van der Waals surface area contributed by atoms with E-state index in [4.69, 9.17) is 5.11 Å². The predicted octanol–water partition coefficient (Wildman–Crippen LogP) is 3.81. The second-order valence-electron chi connectivity index (χ2n) is 3.67. The number of aryl methyl sites for hydroxylation is 1. The van der Waals surface area contributed by atoms with E-state index in [1.54, 1.807) is 0 Å². The van der Waals surface area contributed by atoms with Crippen molar-refractivity contribution in [3.8, 4) is 10.4 Å². The Hall–Kier alpha value is -1.68. The number of carboxylic acids is 1. The molecule has 0 aliphatic carbocycles. The van der Waals surface area contributed by atoms with Crippen molar-refractivity contribution in [1.29, 1.82) is 0 Å². The van der Waals surface area contributed by atoms with Crippen LogP contribution in [0.1, 0.15) is 22.8 Å². The molecule has 2 rings (SSSR count). The quantitative estimate of drug-likeness (QED) is 0.899. The summed E-state index contributed by atoms with van der Waals surface area (Å²) < 4.78 is 13.6. The average molecular weight is 250 g/mol. The van der Waals surface area contributed by atoms with Gasteiger partial charge in [-0.1, -0.05) is 6.92 Å². The van der Waals surface area contributed by atoms with Crippen LogP contribution in [-0.2, 0) is 6.42 Å². The van der Waals surface area contributed by atoms with Gasteiger partial charge in [0, 0.05) is 10.4 Å². The predicted molar refractivity (Wildman–Crippen MR) is 66.1 cm³/mol. The smallest absolute Gasteiger partial charge is 0.335 e. The van der Waals surface area contributed by atoms with E-state index in [-0.39, 0.29) is 11.4 Å². The SMILES string of the molecule is CCc1csc(-c2cc(C(=O)O)ccc2F)c1. The lowest BCUT2D eigenvalue weighted by atomic mass is 10.1. The van der Waals surface area contributed by atoms with Crippen molar-refractivity contribution in [2.45, 2.75) is 13.3 Å². The Kier molecular flexibility index (Phi) is 3.24. The second-order valence-corrected chi connectivity index (χ2v) is 4.58. The Morgan fingerprint density at radius 2 is 2.18 bits per heavy atom. The highest BCUT2D eigenvalue weighted by atomic mass is 32.1. The molecule has 1 aromatic heterocycles. The number of rotatable bonds is 3. The van der Waals surface area contributed by atoms with Crippen molar-refractivity contribution in [3.63, 3.8) is 0 Å². The van der Waals surface area contributed by atoms with Gasteiger partial charge in [-0.25, -0.2) is 9.18 Å². The molecule has 0 amide bonds. The third kappa shape index (κ3) is 2.36. The number of carbonyl (C=O) groups is 1. The zero-order chi connectivity index (χ0) is 12.4. The monoisotopic (exact) mass is 250 g/mol. The summed E-state index contributed by atoms with van der Waals surface area (Å²) in [5.74, 6) is -1.43. The lowest BCUT2D eigenvalue weighted by Crippen LogP contribution is -1.97. The van der Waals surface area contributed by atoms with Gasteiger partial charge in [-0.05, 0) is 41.6 Å². The molecule has 0 bridgehead atoms. The molecule has 0 atom stereocenters. The molecule has 0 saturated carbocycles. The topological polar surface area (TPSA) is 37.3 Å². The van der Waals surface area contributed by atoms with Gasteiger partial charge >= 0.3 is 5.97 Å². The van der Waals surface area contributed by atoms with E-state index < -0.39 is 5.97 Å². The fourth-order valence-corrected chi connectivity index (χ4v) is 2.57. The molecule has 88 valence electrons. The standard InChI is InChI=1S/C13H11FO2S/c1-2-8-5-12(17-7-8)10-6-9(13(15)16)3-4-11(10)14/h3-7H,2H2,1H3,(H,15,16). The lowest BCUT2D eigenvalue weighted by molar-refractivity contribution is 0.0697. The molecule has 1 aromatic carbocycles. The van der Waals surface area contributed by atoms with Crippen LogP contribution < -0.4 is 0 Å². The fraction of sp³-hybridized carbons (Fsp3) is 0.154. The molecule has 2 nitrogen and oxygen atoms in total. The number of hydrogen-bond acceptors (Lipinski definition) is 2. The van der Waals surface area contributed by atoms with E-state index >= 15 is 0 Å². The minimum Gasteiger partial charge on any atom is -0.478 e. The summed E-state index contributed by atoms with van der Waals surface area (Å²) in [4.78, 5) is 11.6. The van der Waals surface area contributed by atoms with Gasteiger partial charge in [-0.15, -0.1) is 11.3 Å². The maximum atomic E-state index is 13.6. The minimum absolute atomic E-state index is 0.104. The van der Waals surface area contributed by atoms with Crippen LogP contribution in [0.2, 0.25) is 0 Å². The lowest BCUT2D eigenvalue weighted by Gasteiger charge is -2.01. The molecule has 2 aromatic rings. The number of halogens is 1. The number of aromatic carboxylic acids is 1. The molecule has 0 spiro atoms. The number of hydrogen-bond donors (Lipinski definition) is 1. The van der Waals surface area contributed by atoms with Crippen molar-refractivity contribution < 1.29 is 14.3 Å². The van der Waals surface area contributed by atoms with E-state index in [0.29, 0.717) is 5.56 Å². The summed E-state index contributed by atoms with van der Waals surface area (Å²) in [6.45, 7) is 2.02. The number of thiophene rings is 1. The zero-order valence-electron chi connectivity index (χ0n) is 9.24. The van der Waals surface area contributed by atoms with Crippen LogP contribution in [0.3, 0.4) is 0 Å². The molecule has 0 fully saturated rings. The fourth-order valence-electron chi connectivity index (χ4n) is 1.55. The van der Waals surface area contributed by atoms with Crippen LogP contribution in [0.25, 0.3) is 10.4 Å². The van der Waals surface area contributed by atoms with Crippen LogP contribution in [0.5, 0.6) is 0 Å². The molecule has 0 aliphatic rings. The molecular weight excluding hydrogens is 239 g/mol. The third-order valence-corrected chi connectivity index (χ3v) is 3.55. The molecule has 4 heteroatoms. The highest BCUT2D eigenvalue weighted by molar-refractivity contribution is 7.13. The van der Waals surface area contributed by atoms with Gasteiger partial charge in [0.1, 0.15) is 5.82 Å². The highest BCUT2D eigenvalue weighted by Gasteiger charge is 2.11. The van der Waals surface area contributed by atoms with Crippen molar-refractivity contribution in [2.24, 2.45) is 0 Å². The molecule has 0 saturated heterocycles. The first kappa shape index (κ1) is 11.8. The van der Waals surface area contributed by atoms with Gasteiger partial charge in [0.25, 0.3) is 0 Å². The van der Waals surface area contributed by atoms with Crippen molar-refractivity contribution in [2.75, 3.05) is 0 Å². The largest absolute Gasteiger partial charge is 0.478 e. The Balaban J connectivity index is 2.49. The molecule has 0 aliphatic heterocycles. The average Bonchev–Trinajstić information content (AvgIpc) is 2.77. The van der Waals surface area contributed by atoms with Crippen molar-refractivity contribution >= 4 is 17.3 Å². The van der Waals surface area contributed by atoms with Crippen LogP contribution in [-0.4, -0.2) is 11.1 Å². The highest BCUT2D eigenvalue weighted by Crippen LogP contribution is 2.30. The van der Waals surface area contributed by atoms with Crippen LogP contribution in [0.15, 0.2) is 29.6 Å². The van der Waals surface area contributed by atoms with Gasteiger partial charge in [0.05, 0.1) is 5.56 Å². The number of benzene rings is 1. The van der Waals surface area contributed by atoms with Crippen LogP contribution in [0.4, 0.5) is 4.39 Å². The summed E-state index contributed by atoms with van der Waals surface area (Å²) >= 11 is 1.43. The molecule has 1 N–H and O–H groups in total. The zero-order valence-corrected chi connectivity index (χ0v) is 10.1.